The fraction of sp³-hybridized carbons (Fsp3) is 0.304. The van der Waals surface area contributed by atoms with Gasteiger partial charge >= 0.3 is 0 Å². The van der Waals surface area contributed by atoms with E-state index in [1.165, 1.54) is 11.8 Å². The molecule has 7 nitrogen and oxygen atoms in total. The van der Waals surface area contributed by atoms with E-state index in [9.17, 15) is 9.59 Å². The molecule has 3 rings (SSSR count). The summed E-state index contributed by atoms with van der Waals surface area (Å²) >= 11 is 1.33. The Bertz CT molecular complexity index is 1070. The second-order valence-electron chi connectivity index (χ2n) is 7.30. The molecule has 162 valence electrons. The lowest BCUT2D eigenvalue weighted by molar-refractivity contribution is -0.113. The monoisotopic (exact) mass is 437 g/mol. The van der Waals surface area contributed by atoms with Crippen LogP contribution in [0.2, 0.25) is 0 Å². The molecule has 0 spiro atoms. The van der Waals surface area contributed by atoms with E-state index in [0.29, 0.717) is 23.1 Å². The summed E-state index contributed by atoms with van der Waals surface area (Å²) in [4.78, 5) is 24.9. The number of rotatable bonds is 8. The van der Waals surface area contributed by atoms with Crippen molar-refractivity contribution in [1.82, 2.24) is 20.1 Å². The second kappa shape index (κ2) is 10.3. The first-order valence-electron chi connectivity index (χ1n) is 10.2. The van der Waals surface area contributed by atoms with Crippen molar-refractivity contribution in [3.05, 3.63) is 71.0 Å². The molecule has 0 fully saturated rings. The smallest absolute Gasteiger partial charge is 0.251 e. The molecule has 1 atom stereocenters. The van der Waals surface area contributed by atoms with E-state index in [4.69, 9.17) is 0 Å². The third kappa shape index (κ3) is 5.73. The van der Waals surface area contributed by atoms with Gasteiger partial charge in [0.15, 0.2) is 11.0 Å². The van der Waals surface area contributed by atoms with E-state index >= 15 is 0 Å². The normalized spacial score (nSPS) is 11.7. The lowest BCUT2D eigenvalue weighted by Crippen LogP contribution is -2.28. The summed E-state index contributed by atoms with van der Waals surface area (Å²) < 4.78 is 1.92. The van der Waals surface area contributed by atoms with Crippen LogP contribution >= 0.6 is 11.8 Å². The van der Waals surface area contributed by atoms with Crippen LogP contribution in [0.4, 0.5) is 5.69 Å². The maximum absolute atomic E-state index is 12.4. The van der Waals surface area contributed by atoms with Crippen molar-refractivity contribution >= 4 is 29.3 Å². The van der Waals surface area contributed by atoms with Crippen LogP contribution in [-0.2, 0) is 11.3 Å². The number of benzene rings is 2. The quantitative estimate of drug-likeness (QED) is 0.517. The van der Waals surface area contributed by atoms with E-state index in [-0.39, 0.29) is 23.6 Å². The van der Waals surface area contributed by atoms with Gasteiger partial charge in [0, 0.05) is 17.8 Å². The van der Waals surface area contributed by atoms with Crippen molar-refractivity contribution in [1.29, 1.82) is 0 Å². The average Bonchev–Trinajstić information content (AvgIpc) is 3.18. The highest BCUT2D eigenvalue weighted by molar-refractivity contribution is 7.99. The van der Waals surface area contributed by atoms with Gasteiger partial charge in [-0.25, -0.2) is 0 Å². The van der Waals surface area contributed by atoms with Gasteiger partial charge < -0.3 is 15.2 Å². The molecule has 0 aliphatic heterocycles. The summed E-state index contributed by atoms with van der Waals surface area (Å²) in [6.45, 7) is 8.45. The highest BCUT2D eigenvalue weighted by Gasteiger charge is 2.20. The van der Waals surface area contributed by atoms with Crippen LogP contribution in [0.1, 0.15) is 47.2 Å². The molecule has 2 aromatic carbocycles. The fourth-order valence-corrected chi connectivity index (χ4v) is 3.95. The minimum Gasteiger partial charge on any atom is -0.342 e. The molecule has 1 aromatic heterocycles. The Morgan fingerprint density at radius 3 is 2.55 bits per heavy atom. The molecule has 0 radical (unpaired) electrons. The van der Waals surface area contributed by atoms with E-state index in [1.54, 1.807) is 12.1 Å². The van der Waals surface area contributed by atoms with Crippen LogP contribution in [0.25, 0.3) is 0 Å². The minimum absolute atomic E-state index is 0.101. The molecule has 31 heavy (non-hydrogen) atoms. The van der Waals surface area contributed by atoms with Crippen LogP contribution in [0, 0.1) is 13.8 Å². The lowest BCUT2D eigenvalue weighted by Gasteiger charge is -2.15. The van der Waals surface area contributed by atoms with Gasteiger partial charge in [0.25, 0.3) is 5.91 Å². The van der Waals surface area contributed by atoms with Gasteiger partial charge in [-0.3, -0.25) is 9.59 Å². The first kappa shape index (κ1) is 22.6. The Balaban J connectivity index is 1.63. The molecule has 0 aliphatic carbocycles. The van der Waals surface area contributed by atoms with Crippen molar-refractivity contribution in [2.24, 2.45) is 0 Å². The Labute approximate surface area is 186 Å². The molecule has 0 bridgehead atoms. The van der Waals surface area contributed by atoms with E-state index < -0.39 is 0 Å². The number of nitrogens with one attached hydrogen (secondary N) is 2. The van der Waals surface area contributed by atoms with E-state index in [0.717, 1.165) is 16.8 Å². The van der Waals surface area contributed by atoms with Crippen LogP contribution in [-0.4, -0.2) is 32.3 Å². The predicted octanol–water partition coefficient (Wildman–Crippen LogP) is 4.14. The molecule has 1 heterocycles. The van der Waals surface area contributed by atoms with Crippen LogP contribution in [0.3, 0.4) is 0 Å². The molecule has 0 unspecified atom stereocenters. The highest BCUT2D eigenvalue weighted by atomic mass is 32.2. The van der Waals surface area contributed by atoms with Crippen molar-refractivity contribution in [3.8, 4) is 0 Å². The number of hydrogen-bond acceptors (Lipinski definition) is 5. The van der Waals surface area contributed by atoms with Gasteiger partial charge in [0.2, 0.25) is 5.91 Å². The number of amides is 2. The van der Waals surface area contributed by atoms with Crippen molar-refractivity contribution < 1.29 is 9.59 Å². The lowest BCUT2D eigenvalue weighted by atomic mass is 10.1. The van der Waals surface area contributed by atoms with Crippen LogP contribution < -0.4 is 10.6 Å². The summed E-state index contributed by atoms with van der Waals surface area (Å²) in [5.74, 6) is 0.609. The first-order valence-corrected chi connectivity index (χ1v) is 11.2. The number of thioether (sulfide) groups is 1. The third-order valence-corrected chi connectivity index (χ3v) is 5.80. The standard InChI is InChI=1S/C23H27N5O2S/c1-5-28-21(17(4)24-22(30)18-9-7-6-8-10-18)26-27-23(28)31-14-20(29)25-19-13-15(2)11-12-16(19)3/h6-13,17H,5,14H2,1-4H3,(H,24,30)(H,25,29)/t17-/m0/s1. The number of carbonyl (C=O) groups excluding carboxylic acids is 2. The van der Waals surface area contributed by atoms with Crippen molar-refractivity contribution in [3.63, 3.8) is 0 Å². The van der Waals surface area contributed by atoms with Crippen LogP contribution in [0.15, 0.2) is 53.7 Å². The van der Waals surface area contributed by atoms with Crippen LogP contribution in [0.5, 0.6) is 0 Å². The molecular formula is C23H27N5O2S. The van der Waals surface area contributed by atoms with E-state index in [2.05, 4.69) is 20.8 Å². The number of nitrogens with zero attached hydrogens (tertiary/aromatic N) is 3. The highest BCUT2D eigenvalue weighted by Crippen LogP contribution is 2.22. The zero-order valence-corrected chi connectivity index (χ0v) is 19.0. The maximum atomic E-state index is 12.4. The van der Waals surface area contributed by atoms with Gasteiger partial charge in [-0.1, -0.05) is 42.1 Å². The van der Waals surface area contributed by atoms with Gasteiger partial charge in [-0.05, 0) is 57.0 Å². The molecule has 2 amide bonds. The minimum atomic E-state index is -0.321. The summed E-state index contributed by atoms with van der Waals surface area (Å²) in [5.41, 5.74) is 3.52. The maximum Gasteiger partial charge on any atom is 0.251 e. The molecular weight excluding hydrogens is 410 g/mol. The summed E-state index contributed by atoms with van der Waals surface area (Å²) in [7, 11) is 0. The Kier molecular flexibility index (Phi) is 7.46. The molecule has 3 aromatic rings. The largest absolute Gasteiger partial charge is 0.342 e. The molecule has 2 N–H and O–H groups in total. The summed E-state index contributed by atoms with van der Waals surface area (Å²) in [6, 6.07) is 14.7. The molecule has 8 heteroatoms. The SMILES string of the molecule is CCn1c(SCC(=O)Nc2cc(C)ccc2C)nnc1[C@H](C)NC(=O)c1ccccc1. The van der Waals surface area contributed by atoms with Gasteiger partial charge in [0.05, 0.1) is 11.8 Å². The third-order valence-electron chi connectivity index (χ3n) is 4.83. The zero-order valence-electron chi connectivity index (χ0n) is 18.2. The molecule has 0 saturated carbocycles. The van der Waals surface area contributed by atoms with E-state index in [1.807, 2.05) is 68.7 Å². The number of carbonyl (C=O) groups is 2. The second-order valence-corrected chi connectivity index (χ2v) is 8.24. The number of aromatic nitrogens is 3. The topological polar surface area (TPSA) is 88.9 Å². The molecule has 0 saturated heterocycles. The van der Waals surface area contributed by atoms with Crippen molar-refractivity contribution in [2.45, 2.75) is 45.4 Å². The summed E-state index contributed by atoms with van der Waals surface area (Å²) in [6.07, 6.45) is 0. The average molecular weight is 438 g/mol. The molecule has 0 aliphatic rings. The van der Waals surface area contributed by atoms with Gasteiger partial charge in [-0.2, -0.15) is 0 Å². The Morgan fingerprint density at radius 2 is 1.84 bits per heavy atom. The Hall–Kier alpha value is -3.13. The number of anilines is 1. The number of hydrogen-bond donors (Lipinski definition) is 2. The zero-order chi connectivity index (χ0) is 22.4. The fourth-order valence-electron chi connectivity index (χ4n) is 3.15. The first-order chi connectivity index (χ1) is 14.9. The van der Waals surface area contributed by atoms with Crippen molar-refractivity contribution in [2.75, 3.05) is 11.1 Å². The summed E-state index contributed by atoms with van der Waals surface area (Å²) in [5, 5.41) is 15.1. The number of aryl methyl sites for hydroxylation is 2. The van der Waals surface area contributed by atoms with Gasteiger partial charge in [0.1, 0.15) is 0 Å². The predicted molar refractivity (Wildman–Crippen MR) is 123 cm³/mol. The van der Waals surface area contributed by atoms with Gasteiger partial charge in [-0.15, -0.1) is 10.2 Å². The Morgan fingerprint density at radius 1 is 1.10 bits per heavy atom.